The van der Waals surface area contributed by atoms with Crippen LogP contribution in [0.1, 0.15) is 0 Å². The van der Waals surface area contributed by atoms with Crippen molar-refractivity contribution in [2.45, 2.75) is 5.16 Å². The van der Waals surface area contributed by atoms with Gasteiger partial charge < -0.3 is 4.74 Å². The lowest BCUT2D eigenvalue weighted by atomic mass is 10.4. The summed E-state index contributed by atoms with van der Waals surface area (Å²) in [5.41, 5.74) is 2.57. The Morgan fingerprint density at radius 2 is 2.23 bits per heavy atom. The fourth-order valence-corrected chi connectivity index (χ4v) is 2.47. The van der Waals surface area contributed by atoms with Crippen molar-refractivity contribution in [3.63, 3.8) is 0 Å². The summed E-state index contributed by atoms with van der Waals surface area (Å²) in [7, 11) is 1.27. The maximum atomic E-state index is 11.6. The molecule has 22 heavy (non-hydrogen) atoms. The molecule has 2 heterocycles. The minimum absolute atomic E-state index is 0.295. The fraction of sp³-hybridized carbons (Fsp3) is 0.167. The van der Waals surface area contributed by atoms with Crippen LogP contribution in [-0.2, 0) is 4.74 Å². The molecule has 0 fully saturated rings. The third-order valence-electron chi connectivity index (χ3n) is 2.42. The van der Waals surface area contributed by atoms with Gasteiger partial charge in [0.05, 0.1) is 10.7 Å². The van der Waals surface area contributed by atoms with Crippen molar-refractivity contribution in [1.82, 2.24) is 20.4 Å². The number of hydrazine groups is 1. The van der Waals surface area contributed by atoms with E-state index in [0.29, 0.717) is 21.9 Å². The number of carbonyl (C=O) groups is 1. The minimum Gasteiger partial charge on any atom is -0.452 e. The first kappa shape index (κ1) is 17.0. The molecule has 116 valence electrons. The third kappa shape index (κ3) is 4.11. The van der Waals surface area contributed by atoms with Crippen LogP contribution in [0.25, 0.3) is 0 Å². The van der Waals surface area contributed by atoms with Crippen molar-refractivity contribution in [3.8, 4) is 0 Å². The number of hydrogen-bond donors (Lipinski definition) is 1. The smallest absolute Gasteiger partial charge is 0.426 e. The largest absolute Gasteiger partial charge is 0.452 e. The quantitative estimate of drug-likeness (QED) is 0.251. The van der Waals surface area contributed by atoms with Crippen molar-refractivity contribution in [1.29, 1.82) is 0 Å². The molecule has 0 radical (unpaired) electrons. The highest BCUT2D eigenvalue weighted by molar-refractivity contribution is 14.1. The van der Waals surface area contributed by atoms with E-state index in [-0.39, 0.29) is 0 Å². The van der Waals surface area contributed by atoms with Crippen LogP contribution >= 0.6 is 46.0 Å². The summed E-state index contributed by atoms with van der Waals surface area (Å²) in [5.74, 6) is 0.877. The van der Waals surface area contributed by atoms with Gasteiger partial charge in [-0.3, -0.25) is 0 Å². The summed E-state index contributed by atoms with van der Waals surface area (Å²) < 4.78 is 5.38. The van der Waals surface area contributed by atoms with Gasteiger partial charge in [-0.1, -0.05) is 29.4 Å². The van der Waals surface area contributed by atoms with Crippen molar-refractivity contribution >= 4 is 63.7 Å². The van der Waals surface area contributed by atoms with Crippen molar-refractivity contribution in [3.05, 3.63) is 33.1 Å². The Morgan fingerprint density at radius 3 is 2.86 bits per heavy atom. The van der Waals surface area contributed by atoms with Gasteiger partial charge in [0.15, 0.2) is 16.8 Å². The monoisotopic (exact) mass is 451 g/mol. The zero-order valence-electron chi connectivity index (χ0n) is 11.6. The molecule has 0 aliphatic rings. The van der Waals surface area contributed by atoms with Gasteiger partial charge in [0.1, 0.15) is 5.15 Å². The first-order valence-electron chi connectivity index (χ1n) is 5.89. The molecule has 0 aliphatic heterocycles. The molecule has 0 unspecified atom stereocenters. The van der Waals surface area contributed by atoms with E-state index in [2.05, 4.69) is 47.7 Å². The number of carbonyl (C=O) groups excluding carboxylic acids is 1. The Bertz CT molecular complexity index is 690. The van der Waals surface area contributed by atoms with Gasteiger partial charge in [0, 0.05) is 6.20 Å². The van der Waals surface area contributed by atoms with E-state index in [1.165, 1.54) is 23.9 Å². The van der Waals surface area contributed by atoms with E-state index in [0.717, 1.165) is 3.57 Å². The van der Waals surface area contributed by atoms with E-state index in [1.807, 2.05) is 6.26 Å². The van der Waals surface area contributed by atoms with Crippen LogP contribution in [0, 0.1) is 3.57 Å². The highest BCUT2D eigenvalue weighted by atomic mass is 127. The number of nitrogens with zero attached hydrogens (tertiary/aromatic N) is 4. The number of anilines is 2. The van der Waals surface area contributed by atoms with Gasteiger partial charge in [-0.2, -0.15) is 0 Å². The Labute approximate surface area is 149 Å². The number of nitrogens with one attached hydrogen (secondary N) is 1. The topological polar surface area (TPSA) is 80.2 Å². The predicted molar refractivity (Wildman–Crippen MR) is 93.5 cm³/mol. The Balaban J connectivity index is 2.50. The van der Waals surface area contributed by atoms with Crippen molar-refractivity contribution in [2.24, 2.45) is 0 Å². The Morgan fingerprint density at radius 1 is 1.45 bits per heavy atom. The van der Waals surface area contributed by atoms with Crippen LogP contribution in [0.3, 0.4) is 0 Å². The molecular formula is C12H11ClIN5O2S. The highest BCUT2D eigenvalue weighted by Gasteiger charge is 2.19. The maximum absolute atomic E-state index is 11.6. The summed E-state index contributed by atoms with van der Waals surface area (Å²) in [4.78, 5) is 24.4. The number of rotatable bonds is 4. The first-order valence-corrected chi connectivity index (χ1v) is 8.57. The number of aromatic nitrogens is 3. The summed E-state index contributed by atoms with van der Waals surface area (Å²) in [5, 5.41) is 2.26. The summed E-state index contributed by atoms with van der Waals surface area (Å²) in [6, 6.07) is 5.05. The number of amides is 1. The lowest BCUT2D eigenvalue weighted by Gasteiger charge is -2.23. The SMILES string of the molecule is COC(=O)NN(c1cccc(Cl)n1)c1nc(SC)ncc1I. The Kier molecular flexibility index (Phi) is 6.03. The molecule has 0 aliphatic carbocycles. The molecule has 0 spiro atoms. The van der Waals surface area contributed by atoms with E-state index in [9.17, 15) is 4.79 Å². The molecule has 0 saturated carbocycles. The molecular weight excluding hydrogens is 441 g/mol. The standard InChI is InChI=1S/C12H11ClIN5O2S/c1-21-12(20)18-19(9-5-3-4-8(13)16-9)10-7(14)6-15-11(17-10)22-2/h3-6H,1-2H3,(H,18,20). The molecule has 0 aromatic carbocycles. The lowest BCUT2D eigenvalue weighted by molar-refractivity contribution is 0.171. The van der Waals surface area contributed by atoms with Crippen LogP contribution in [0.5, 0.6) is 0 Å². The number of ether oxygens (including phenoxy) is 1. The van der Waals surface area contributed by atoms with Crippen LogP contribution < -0.4 is 10.4 Å². The third-order valence-corrected chi connectivity index (χ3v) is 3.95. The van der Waals surface area contributed by atoms with Crippen LogP contribution in [0.2, 0.25) is 5.15 Å². The predicted octanol–water partition coefficient (Wildman–Crippen LogP) is 3.26. The first-order chi connectivity index (χ1) is 10.5. The van der Waals surface area contributed by atoms with E-state index in [1.54, 1.807) is 24.4 Å². The molecule has 2 aromatic rings. The number of pyridine rings is 1. The molecule has 10 heteroatoms. The fourth-order valence-electron chi connectivity index (χ4n) is 1.48. The minimum atomic E-state index is -0.651. The van der Waals surface area contributed by atoms with Gasteiger partial charge in [-0.05, 0) is 41.0 Å². The second-order valence-electron chi connectivity index (χ2n) is 3.79. The molecule has 2 aromatic heterocycles. The number of hydrogen-bond acceptors (Lipinski definition) is 7. The average Bonchev–Trinajstić information content (AvgIpc) is 2.53. The molecule has 7 nitrogen and oxygen atoms in total. The maximum Gasteiger partial charge on any atom is 0.426 e. The van der Waals surface area contributed by atoms with E-state index in [4.69, 9.17) is 11.6 Å². The van der Waals surface area contributed by atoms with Crippen LogP contribution in [0.4, 0.5) is 16.4 Å². The second kappa shape index (κ2) is 7.79. The molecule has 0 atom stereocenters. The zero-order chi connectivity index (χ0) is 16.1. The van der Waals surface area contributed by atoms with Gasteiger partial charge in [0.2, 0.25) is 0 Å². The van der Waals surface area contributed by atoms with Gasteiger partial charge in [0.25, 0.3) is 0 Å². The normalized spacial score (nSPS) is 10.2. The lowest BCUT2D eigenvalue weighted by Crippen LogP contribution is -2.40. The molecule has 0 saturated heterocycles. The Hall–Kier alpha value is -1.33. The van der Waals surface area contributed by atoms with Crippen LogP contribution in [0.15, 0.2) is 29.6 Å². The van der Waals surface area contributed by atoms with Gasteiger partial charge in [-0.25, -0.2) is 30.2 Å². The van der Waals surface area contributed by atoms with Crippen LogP contribution in [-0.4, -0.2) is 34.4 Å². The van der Waals surface area contributed by atoms with E-state index < -0.39 is 6.09 Å². The molecule has 1 N–H and O–H groups in total. The number of thioether (sulfide) groups is 1. The zero-order valence-corrected chi connectivity index (χ0v) is 15.3. The van der Waals surface area contributed by atoms with Crippen molar-refractivity contribution < 1.29 is 9.53 Å². The molecule has 1 amide bonds. The summed E-state index contributed by atoms with van der Waals surface area (Å²) in [6.45, 7) is 0. The van der Waals surface area contributed by atoms with Gasteiger partial charge in [-0.15, -0.1) is 0 Å². The number of halogens is 2. The summed E-state index contributed by atoms with van der Waals surface area (Å²) >= 11 is 9.39. The van der Waals surface area contributed by atoms with Gasteiger partial charge >= 0.3 is 6.09 Å². The molecule has 0 bridgehead atoms. The van der Waals surface area contributed by atoms with E-state index >= 15 is 0 Å². The second-order valence-corrected chi connectivity index (χ2v) is 6.11. The molecule has 2 rings (SSSR count). The average molecular weight is 452 g/mol. The highest BCUT2D eigenvalue weighted by Crippen LogP contribution is 2.27. The number of methoxy groups -OCH3 is 1. The van der Waals surface area contributed by atoms with Crippen molar-refractivity contribution in [2.75, 3.05) is 18.4 Å². The summed E-state index contributed by atoms with van der Waals surface area (Å²) in [6.07, 6.45) is 2.87.